The molecule has 180 valence electrons. The first kappa shape index (κ1) is 23.1. The maximum Gasteiger partial charge on any atom is 0.254 e. The zero-order chi connectivity index (χ0) is 24.5. The minimum Gasteiger partial charge on any atom is -0.368 e. The summed E-state index contributed by atoms with van der Waals surface area (Å²) >= 11 is 0. The highest BCUT2D eigenvalue weighted by Crippen LogP contribution is 2.37. The zero-order valence-electron chi connectivity index (χ0n) is 20.7. The molecule has 1 unspecified atom stereocenters. The number of aromatic amines is 1. The second kappa shape index (κ2) is 9.53. The lowest BCUT2D eigenvalue weighted by molar-refractivity contribution is 0.0712. The number of likely N-dealkylation sites (tertiary alicyclic amines) is 1. The molecule has 3 heterocycles. The maximum atomic E-state index is 13.7. The van der Waals surface area contributed by atoms with Gasteiger partial charge in [0.2, 0.25) is 0 Å². The van der Waals surface area contributed by atoms with Crippen LogP contribution in [0.4, 0.5) is 5.69 Å². The Labute approximate surface area is 206 Å². The number of anilines is 1. The van der Waals surface area contributed by atoms with Crippen LogP contribution < -0.4 is 4.90 Å². The number of carbonyl (C=O) groups is 1. The van der Waals surface area contributed by atoms with Gasteiger partial charge in [0.15, 0.2) is 5.82 Å². The number of hydrogen-bond acceptors (Lipinski definition) is 5. The number of piperidine rings is 1. The summed E-state index contributed by atoms with van der Waals surface area (Å²) in [6.07, 6.45) is 4.19. The van der Waals surface area contributed by atoms with Gasteiger partial charge in [-0.05, 0) is 87.8 Å². The molecule has 2 aliphatic rings. The van der Waals surface area contributed by atoms with E-state index in [2.05, 4.69) is 51.3 Å². The van der Waals surface area contributed by atoms with Crippen molar-refractivity contribution in [2.24, 2.45) is 0 Å². The van der Waals surface area contributed by atoms with E-state index in [1.165, 1.54) is 18.4 Å². The van der Waals surface area contributed by atoms with E-state index in [0.717, 1.165) is 60.7 Å². The van der Waals surface area contributed by atoms with Gasteiger partial charge in [-0.15, -0.1) is 10.2 Å². The quantitative estimate of drug-likeness (QED) is 0.584. The molecule has 0 saturated carbocycles. The number of H-pyrrole nitrogens is 1. The summed E-state index contributed by atoms with van der Waals surface area (Å²) in [4.78, 5) is 21.3. The lowest BCUT2D eigenvalue weighted by Crippen LogP contribution is -2.38. The molecule has 1 atom stereocenters. The van der Waals surface area contributed by atoms with Gasteiger partial charge >= 0.3 is 0 Å². The molecule has 2 fully saturated rings. The van der Waals surface area contributed by atoms with E-state index in [-0.39, 0.29) is 5.91 Å². The Morgan fingerprint density at radius 1 is 1.06 bits per heavy atom. The number of benzene rings is 2. The summed E-state index contributed by atoms with van der Waals surface area (Å²) in [7, 11) is 0. The van der Waals surface area contributed by atoms with Crippen LogP contribution in [0.3, 0.4) is 0 Å². The fourth-order valence-corrected chi connectivity index (χ4v) is 5.53. The van der Waals surface area contributed by atoms with Crippen molar-refractivity contribution >= 4 is 11.6 Å². The van der Waals surface area contributed by atoms with Gasteiger partial charge in [0.1, 0.15) is 5.82 Å². The molecule has 35 heavy (non-hydrogen) atoms. The Morgan fingerprint density at radius 3 is 2.40 bits per heavy atom. The third kappa shape index (κ3) is 4.53. The second-order valence-corrected chi connectivity index (χ2v) is 9.93. The molecule has 1 amide bonds. The van der Waals surface area contributed by atoms with Crippen molar-refractivity contribution in [2.45, 2.75) is 58.4 Å². The van der Waals surface area contributed by atoms with Crippen molar-refractivity contribution in [1.82, 2.24) is 20.1 Å². The van der Waals surface area contributed by atoms with E-state index in [0.29, 0.717) is 23.3 Å². The average molecular weight is 469 g/mol. The van der Waals surface area contributed by atoms with Crippen LogP contribution in [0.2, 0.25) is 0 Å². The highest BCUT2D eigenvalue weighted by atomic mass is 16.2. The summed E-state index contributed by atoms with van der Waals surface area (Å²) < 4.78 is 0. The molecule has 2 aliphatic heterocycles. The van der Waals surface area contributed by atoms with Crippen molar-refractivity contribution in [3.05, 3.63) is 64.5 Å². The summed E-state index contributed by atoms with van der Waals surface area (Å²) in [6.45, 7) is 8.66. The smallest absolute Gasteiger partial charge is 0.254 e. The normalized spacial score (nSPS) is 18.6. The lowest BCUT2D eigenvalue weighted by atomic mass is 9.88. The van der Waals surface area contributed by atoms with E-state index < -0.39 is 0 Å². The Hall–Kier alpha value is -3.66. The van der Waals surface area contributed by atoms with Crippen LogP contribution in [-0.4, -0.2) is 51.7 Å². The molecule has 3 aromatic rings. The van der Waals surface area contributed by atoms with Gasteiger partial charge in [0, 0.05) is 42.5 Å². The lowest BCUT2D eigenvalue weighted by Gasteiger charge is -2.33. The summed E-state index contributed by atoms with van der Waals surface area (Å²) in [5, 5.41) is 17.6. The number of nitriles is 1. The van der Waals surface area contributed by atoms with Crippen LogP contribution in [0.5, 0.6) is 0 Å². The van der Waals surface area contributed by atoms with Crippen molar-refractivity contribution in [3.63, 3.8) is 0 Å². The van der Waals surface area contributed by atoms with Crippen LogP contribution in [0.1, 0.15) is 71.4 Å². The number of rotatable bonds is 4. The van der Waals surface area contributed by atoms with Gasteiger partial charge in [-0.3, -0.25) is 4.79 Å². The molecule has 0 bridgehead atoms. The highest BCUT2D eigenvalue weighted by molar-refractivity contribution is 5.98. The molecule has 1 N–H and O–H groups in total. The molecule has 2 saturated heterocycles. The van der Waals surface area contributed by atoms with Gasteiger partial charge in [0.25, 0.3) is 5.91 Å². The van der Waals surface area contributed by atoms with E-state index >= 15 is 0 Å². The summed E-state index contributed by atoms with van der Waals surface area (Å²) in [5.74, 6) is 1.97. The molecule has 5 rings (SSSR count). The Morgan fingerprint density at radius 2 is 1.80 bits per heavy atom. The first-order valence-electron chi connectivity index (χ1n) is 12.5. The molecule has 7 nitrogen and oxygen atoms in total. The SMILES string of the molecule is Cc1nnc(-c2cc(C(=O)N3CCC(c4ccc(C#N)cc4)CC3)c(C)cc2N2CCCC2C)[nH]1. The van der Waals surface area contributed by atoms with E-state index in [4.69, 9.17) is 5.26 Å². The standard InChI is InChI=1S/C28H32N6O/c1-18-15-26(34-12-4-5-19(34)2)25(27-30-20(3)31-32-27)16-24(18)28(35)33-13-10-23(11-14-33)22-8-6-21(17-29)7-9-22/h6-9,15-16,19,23H,4-5,10-14H2,1-3H3,(H,30,31,32). The third-order valence-electron chi connectivity index (χ3n) is 7.58. The van der Waals surface area contributed by atoms with Crippen molar-refractivity contribution < 1.29 is 4.79 Å². The van der Waals surface area contributed by atoms with Gasteiger partial charge < -0.3 is 14.8 Å². The Kier molecular flexibility index (Phi) is 6.29. The summed E-state index contributed by atoms with van der Waals surface area (Å²) in [5.41, 5.74) is 5.74. The van der Waals surface area contributed by atoms with Gasteiger partial charge in [0.05, 0.1) is 11.6 Å². The molecule has 0 radical (unpaired) electrons. The van der Waals surface area contributed by atoms with Crippen LogP contribution in [0.25, 0.3) is 11.4 Å². The topological polar surface area (TPSA) is 88.9 Å². The largest absolute Gasteiger partial charge is 0.368 e. The van der Waals surface area contributed by atoms with Crippen LogP contribution >= 0.6 is 0 Å². The van der Waals surface area contributed by atoms with Crippen molar-refractivity contribution in [3.8, 4) is 17.5 Å². The van der Waals surface area contributed by atoms with Gasteiger partial charge in [-0.1, -0.05) is 12.1 Å². The molecular formula is C28H32N6O. The number of aryl methyl sites for hydroxylation is 2. The predicted octanol–water partition coefficient (Wildman–Crippen LogP) is 4.97. The fourth-order valence-electron chi connectivity index (χ4n) is 5.53. The van der Waals surface area contributed by atoms with Gasteiger partial charge in [-0.2, -0.15) is 5.26 Å². The van der Waals surface area contributed by atoms with Crippen molar-refractivity contribution in [2.75, 3.05) is 24.5 Å². The van der Waals surface area contributed by atoms with Crippen LogP contribution in [0, 0.1) is 25.2 Å². The number of hydrogen-bond donors (Lipinski definition) is 1. The van der Waals surface area contributed by atoms with Gasteiger partial charge in [-0.25, -0.2) is 0 Å². The molecule has 1 aromatic heterocycles. The Bertz CT molecular complexity index is 1260. The fraction of sp³-hybridized carbons (Fsp3) is 0.429. The van der Waals surface area contributed by atoms with Crippen molar-refractivity contribution in [1.29, 1.82) is 5.26 Å². The third-order valence-corrected chi connectivity index (χ3v) is 7.58. The molecule has 7 heteroatoms. The van der Waals surface area contributed by atoms with Crippen LogP contribution in [-0.2, 0) is 0 Å². The van der Waals surface area contributed by atoms with E-state index in [9.17, 15) is 4.79 Å². The predicted molar refractivity (Wildman–Crippen MR) is 136 cm³/mol. The zero-order valence-corrected chi connectivity index (χ0v) is 20.7. The van der Waals surface area contributed by atoms with Crippen LogP contribution in [0.15, 0.2) is 36.4 Å². The number of aromatic nitrogens is 3. The number of nitrogens with one attached hydrogen (secondary N) is 1. The Balaban J connectivity index is 1.39. The second-order valence-electron chi connectivity index (χ2n) is 9.93. The first-order valence-corrected chi connectivity index (χ1v) is 12.5. The highest BCUT2D eigenvalue weighted by Gasteiger charge is 2.29. The molecule has 2 aromatic carbocycles. The molecule has 0 aliphatic carbocycles. The number of amides is 1. The summed E-state index contributed by atoms with van der Waals surface area (Å²) in [6, 6.07) is 14.7. The van der Waals surface area contributed by atoms with E-state index in [1.807, 2.05) is 36.9 Å². The van der Waals surface area contributed by atoms with E-state index in [1.54, 1.807) is 0 Å². The molecule has 0 spiro atoms. The number of carbonyl (C=O) groups excluding carboxylic acids is 1. The average Bonchev–Trinajstić information content (AvgIpc) is 3.51. The first-order chi connectivity index (χ1) is 16.9. The number of nitrogens with zero attached hydrogens (tertiary/aromatic N) is 5. The maximum absolute atomic E-state index is 13.7. The molecular weight excluding hydrogens is 436 g/mol. The monoisotopic (exact) mass is 468 g/mol. The minimum absolute atomic E-state index is 0.0827. The minimum atomic E-state index is 0.0827.